The first kappa shape index (κ1) is 17.3. The maximum Gasteiger partial charge on any atom is 0.314 e. The van der Waals surface area contributed by atoms with Gasteiger partial charge in [0.15, 0.2) is 5.75 Å². The van der Waals surface area contributed by atoms with Gasteiger partial charge < -0.3 is 14.9 Å². The quantitative estimate of drug-likeness (QED) is 0.622. The summed E-state index contributed by atoms with van der Waals surface area (Å²) in [4.78, 5) is 21.9. The van der Waals surface area contributed by atoms with Crippen molar-refractivity contribution in [2.75, 3.05) is 7.11 Å². The molecule has 0 amide bonds. The summed E-state index contributed by atoms with van der Waals surface area (Å²) in [5, 5.41) is 30.3. The Balaban J connectivity index is 2.43. The minimum Gasteiger partial charge on any atom is -0.500 e. The molecule has 0 saturated carbocycles. The Bertz CT molecular complexity index is 769. The minimum atomic E-state index is -1.03. The normalized spacial score (nSPS) is 11.8. The van der Waals surface area contributed by atoms with Gasteiger partial charge in [-0.2, -0.15) is 0 Å². The van der Waals surface area contributed by atoms with Gasteiger partial charge in [-0.05, 0) is 30.5 Å². The van der Waals surface area contributed by atoms with E-state index in [1.54, 1.807) is 12.1 Å². The molecular weight excluding hydrogens is 314 g/mol. The summed E-state index contributed by atoms with van der Waals surface area (Å²) >= 11 is 0. The van der Waals surface area contributed by atoms with Crippen LogP contribution in [-0.2, 0) is 11.2 Å². The lowest BCUT2D eigenvalue weighted by atomic mass is 9.91. The summed E-state index contributed by atoms with van der Waals surface area (Å²) < 4.78 is 4.94. The number of hydrogen-bond donors (Lipinski definition) is 2. The number of methoxy groups -OCH3 is 1. The molecule has 24 heavy (non-hydrogen) atoms. The van der Waals surface area contributed by atoms with E-state index in [0.717, 1.165) is 5.56 Å². The average Bonchev–Trinajstić information content (AvgIpc) is 2.54. The third-order valence-corrected chi connectivity index (χ3v) is 3.75. The van der Waals surface area contributed by atoms with E-state index in [-0.39, 0.29) is 12.2 Å². The molecule has 0 aliphatic carbocycles. The van der Waals surface area contributed by atoms with E-state index in [9.17, 15) is 25.1 Å². The van der Waals surface area contributed by atoms with Crippen molar-refractivity contribution in [2.45, 2.75) is 19.3 Å². The molecule has 0 spiro atoms. The van der Waals surface area contributed by atoms with Crippen molar-refractivity contribution >= 4 is 11.7 Å². The lowest BCUT2D eigenvalue weighted by molar-refractivity contribution is -0.386. The van der Waals surface area contributed by atoms with E-state index < -0.39 is 28.2 Å². The van der Waals surface area contributed by atoms with Crippen LogP contribution in [0.25, 0.3) is 0 Å². The van der Waals surface area contributed by atoms with E-state index in [4.69, 9.17) is 4.74 Å². The van der Waals surface area contributed by atoms with Gasteiger partial charge in [0, 0.05) is 6.07 Å². The Morgan fingerprint density at radius 2 is 1.92 bits per heavy atom. The number of aryl methyl sites for hydroxylation is 1. The predicted octanol–water partition coefficient (Wildman–Crippen LogP) is 3.03. The highest BCUT2D eigenvalue weighted by Gasteiger charge is 2.25. The highest BCUT2D eigenvalue weighted by atomic mass is 16.6. The highest BCUT2D eigenvalue weighted by Crippen LogP contribution is 2.38. The molecule has 0 bridgehead atoms. The summed E-state index contributed by atoms with van der Waals surface area (Å²) in [5.41, 5.74) is 1.48. The number of benzene rings is 2. The van der Waals surface area contributed by atoms with E-state index in [2.05, 4.69) is 0 Å². The fourth-order valence-electron chi connectivity index (χ4n) is 2.44. The molecule has 2 rings (SSSR count). The number of aromatic hydroxyl groups is 1. The van der Waals surface area contributed by atoms with Gasteiger partial charge in [0.25, 0.3) is 0 Å². The maximum absolute atomic E-state index is 11.6. The Hall–Kier alpha value is -3.09. The summed E-state index contributed by atoms with van der Waals surface area (Å²) in [6.07, 6.45) is 0.0376. The number of ether oxygens (including phenoxy) is 1. The van der Waals surface area contributed by atoms with Gasteiger partial charge >= 0.3 is 11.7 Å². The summed E-state index contributed by atoms with van der Waals surface area (Å²) in [7, 11) is 1.28. The molecule has 0 aliphatic rings. The molecule has 1 atom stereocenters. The molecule has 0 fully saturated rings. The number of nitro benzene ring substituents is 1. The molecule has 1 unspecified atom stereocenters. The average molecular weight is 331 g/mol. The zero-order chi connectivity index (χ0) is 17.9. The van der Waals surface area contributed by atoms with Crippen molar-refractivity contribution in [3.05, 3.63) is 63.2 Å². The van der Waals surface area contributed by atoms with E-state index in [1.807, 2.05) is 19.1 Å². The van der Waals surface area contributed by atoms with E-state index in [0.29, 0.717) is 11.1 Å². The molecule has 2 aromatic rings. The standard InChI is InChI=1S/C17H17NO6/c1-10-3-5-12(6-4-10)13(17(20)21)7-11-8-14(18(22)23)16(19)15(9-11)24-2/h3-6,8-9,13,19H,7H2,1-2H3,(H,20,21). The number of phenolic OH excluding ortho intramolecular Hbond substituents is 1. The molecule has 0 aromatic heterocycles. The lowest BCUT2D eigenvalue weighted by Crippen LogP contribution is -2.14. The van der Waals surface area contributed by atoms with Crippen LogP contribution in [0.15, 0.2) is 36.4 Å². The smallest absolute Gasteiger partial charge is 0.314 e. The van der Waals surface area contributed by atoms with Crippen LogP contribution < -0.4 is 4.74 Å². The van der Waals surface area contributed by atoms with Crippen LogP contribution in [-0.4, -0.2) is 28.2 Å². The Kier molecular flexibility index (Phi) is 5.03. The number of nitrogens with zero attached hydrogens (tertiary/aromatic N) is 1. The molecule has 2 aromatic carbocycles. The third-order valence-electron chi connectivity index (χ3n) is 3.75. The van der Waals surface area contributed by atoms with Crippen LogP contribution in [0.4, 0.5) is 5.69 Å². The van der Waals surface area contributed by atoms with Crippen molar-refractivity contribution < 1.29 is 24.7 Å². The number of carboxylic acids is 1. The summed E-state index contributed by atoms with van der Waals surface area (Å²) in [5.74, 6) is -2.53. The van der Waals surface area contributed by atoms with Gasteiger partial charge in [-0.15, -0.1) is 0 Å². The molecule has 0 radical (unpaired) electrons. The van der Waals surface area contributed by atoms with Crippen LogP contribution in [0.2, 0.25) is 0 Å². The number of carbonyl (C=O) groups is 1. The SMILES string of the molecule is COc1cc(CC(C(=O)O)c2ccc(C)cc2)cc([N+](=O)[O-])c1O. The number of hydrogen-bond acceptors (Lipinski definition) is 5. The molecule has 126 valence electrons. The molecule has 0 heterocycles. The fraction of sp³-hybridized carbons (Fsp3) is 0.235. The largest absolute Gasteiger partial charge is 0.500 e. The summed E-state index contributed by atoms with van der Waals surface area (Å²) in [6, 6.07) is 9.64. The molecule has 7 nitrogen and oxygen atoms in total. The first-order valence-electron chi connectivity index (χ1n) is 7.17. The van der Waals surface area contributed by atoms with E-state index in [1.165, 1.54) is 19.2 Å². The van der Waals surface area contributed by atoms with Crippen LogP contribution in [0.1, 0.15) is 22.6 Å². The third kappa shape index (κ3) is 3.62. The number of phenols is 1. The molecule has 0 aliphatic heterocycles. The van der Waals surface area contributed by atoms with Crippen molar-refractivity contribution in [1.82, 2.24) is 0 Å². The van der Waals surface area contributed by atoms with Crippen molar-refractivity contribution in [3.63, 3.8) is 0 Å². The van der Waals surface area contributed by atoms with Crippen LogP contribution in [0.3, 0.4) is 0 Å². The van der Waals surface area contributed by atoms with Gasteiger partial charge in [-0.25, -0.2) is 0 Å². The predicted molar refractivity (Wildman–Crippen MR) is 86.6 cm³/mol. The van der Waals surface area contributed by atoms with Crippen molar-refractivity contribution in [2.24, 2.45) is 0 Å². The van der Waals surface area contributed by atoms with Gasteiger partial charge in [-0.1, -0.05) is 29.8 Å². The zero-order valence-electron chi connectivity index (χ0n) is 13.2. The number of carboxylic acid groups (broad SMARTS) is 1. The maximum atomic E-state index is 11.6. The van der Waals surface area contributed by atoms with Crippen LogP contribution in [0, 0.1) is 17.0 Å². The van der Waals surface area contributed by atoms with Gasteiger partial charge in [-0.3, -0.25) is 14.9 Å². The number of nitro groups is 1. The second kappa shape index (κ2) is 6.99. The van der Waals surface area contributed by atoms with E-state index >= 15 is 0 Å². The minimum absolute atomic E-state index is 0.0376. The molecule has 7 heteroatoms. The molecule has 2 N–H and O–H groups in total. The van der Waals surface area contributed by atoms with Gasteiger partial charge in [0.2, 0.25) is 5.75 Å². The molecular formula is C17H17NO6. The molecule has 0 saturated heterocycles. The highest BCUT2D eigenvalue weighted by molar-refractivity contribution is 5.76. The topological polar surface area (TPSA) is 110 Å². The second-order valence-corrected chi connectivity index (χ2v) is 5.43. The number of rotatable bonds is 6. The van der Waals surface area contributed by atoms with Crippen LogP contribution >= 0.6 is 0 Å². The van der Waals surface area contributed by atoms with Crippen molar-refractivity contribution in [3.8, 4) is 11.5 Å². The summed E-state index contributed by atoms with van der Waals surface area (Å²) in [6.45, 7) is 1.90. The first-order valence-corrected chi connectivity index (χ1v) is 7.17. The van der Waals surface area contributed by atoms with Gasteiger partial charge in [0.05, 0.1) is 18.0 Å². The number of aliphatic carboxylic acids is 1. The first-order chi connectivity index (χ1) is 11.3. The van der Waals surface area contributed by atoms with Crippen molar-refractivity contribution in [1.29, 1.82) is 0 Å². The lowest BCUT2D eigenvalue weighted by Gasteiger charge is -2.14. The Morgan fingerprint density at radius 1 is 1.29 bits per heavy atom. The second-order valence-electron chi connectivity index (χ2n) is 5.43. The van der Waals surface area contributed by atoms with Crippen LogP contribution in [0.5, 0.6) is 11.5 Å². The monoisotopic (exact) mass is 331 g/mol. The Labute approximate surface area is 138 Å². The van der Waals surface area contributed by atoms with Gasteiger partial charge in [0.1, 0.15) is 0 Å². The Morgan fingerprint density at radius 3 is 2.42 bits per heavy atom. The zero-order valence-corrected chi connectivity index (χ0v) is 13.2. The fourth-order valence-corrected chi connectivity index (χ4v) is 2.44.